The molecule has 2 heterocycles. The van der Waals surface area contributed by atoms with Crippen molar-refractivity contribution < 1.29 is 34.1 Å². The van der Waals surface area contributed by atoms with E-state index in [0.29, 0.717) is 30.7 Å². The first kappa shape index (κ1) is 31.8. The summed E-state index contributed by atoms with van der Waals surface area (Å²) in [5.41, 5.74) is 4.94. The Morgan fingerprint density at radius 1 is 1.00 bits per heavy atom. The zero-order valence-corrected chi connectivity index (χ0v) is 26.0. The van der Waals surface area contributed by atoms with Gasteiger partial charge in [-0.3, -0.25) is 9.59 Å². The maximum absolute atomic E-state index is 14.1. The summed E-state index contributed by atoms with van der Waals surface area (Å²) >= 11 is 0. The van der Waals surface area contributed by atoms with E-state index in [1.807, 2.05) is 43.3 Å². The van der Waals surface area contributed by atoms with E-state index >= 15 is 0 Å². The SMILES string of the molecule is C/C(CCc1ccnc(N)c1)=C(/CO)C[C@@]12O[C@]1(C(=O)OC[C@H](O)C1(Cc3ccccc3)CCCC1)C(=O)c1ccccc1C2=O. The lowest BCUT2D eigenvalue weighted by Crippen LogP contribution is -2.51. The highest BCUT2D eigenvalue weighted by Gasteiger charge is 2.85. The first-order valence-corrected chi connectivity index (χ1v) is 15.9. The largest absolute Gasteiger partial charge is 0.460 e. The molecule has 0 bridgehead atoms. The number of nitrogens with zero attached hydrogens (tertiary/aromatic N) is 1. The van der Waals surface area contributed by atoms with Crippen molar-refractivity contribution in [2.45, 2.75) is 75.6 Å². The number of rotatable bonds is 12. The van der Waals surface area contributed by atoms with Crippen LogP contribution in [0.1, 0.15) is 77.3 Å². The number of esters is 1. The van der Waals surface area contributed by atoms with Crippen LogP contribution in [-0.4, -0.2) is 63.3 Å². The topological polar surface area (TPSA) is 152 Å². The Labute approximate surface area is 268 Å². The second kappa shape index (κ2) is 12.5. The molecule has 240 valence electrons. The number of epoxide rings is 1. The van der Waals surface area contributed by atoms with Crippen molar-refractivity contribution in [2.75, 3.05) is 18.9 Å². The molecule has 46 heavy (non-hydrogen) atoms. The normalized spacial score (nSPS) is 24.1. The highest BCUT2D eigenvalue weighted by atomic mass is 16.7. The van der Waals surface area contributed by atoms with Crippen molar-refractivity contribution >= 4 is 23.4 Å². The van der Waals surface area contributed by atoms with Crippen LogP contribution in [0.5, 0.6) is 0 Å². The lowest BCUT2D eigenvalue weighted by atomic mass is 9.71. The van der Waals surface area contributed by atoms with Crippen molar-refractivity contribution in [3.8, 4) is 0 Å². The number of anilines is 1. The van der Waals surface area contributed by atoms with Gasteiger partial charge >= 0.3 is 5.97 Å². The van der Waals surface area contributed by atoms with E-state index in [1.165, 1.54) is 6.07 Å². The minimum atomic E-state index is -2.19. The van der Waals surface area contributed by atoms with Crippen LogP contribution in [0.15, 0.2) is 84.1 Å². The van der Waals surface area contributed by atoms with Crippen molar-refractivity contribution in [2.24, 2.45) is 5.41 Å². The van der Waals surface area contributed by atoms with Crippen LogP contribution in [0.4, 0.5) is 5.82 Å². The van der Waals surface area contributed by atoms with Gasteiger partial charge in [0.15, 0.2) is 11.4 Å². The fraction of sp³-hybridized carbons (Fsp3) is 0.405. The molecule has 9 nitrogen and oxygen atoms in total. The monoisotopic (exact) mass is 624 g/mol. The van der Waals surface area contributed by atoms with Gasteiger partial charge in [-0.15, -0.1) is 0 Å². The number of nitrogens with two attached hydrogens (primary N) is 1. The van der Waals surface area contributed by atoms with Gasteiger partial charge in [-0.1, -0.05) is 73.0 Å². The molecule has 0 unspecified atom stereocenters. The number of allylic oxidation sites excluding steroid dienone is 1. The number of aryl methyl sites for hydroxylation is 1. The number of aliphatic hydroxyl groups excluding tert-OH is 2. The van der Waals surface area contributed by atoms with E-state index in [4.69, 9.17) is 15.2 Å². The van der Waals surface area contributed by atoms with Crippen LogP contribution in [0.25, 0.3) is 0 Å². The average molecular weight is 625 g/mol. The molecule has 0 amide bonds. The minimum absolute atomic E-state index is 0.0935. The van der Waals surface area contributed by atoms with Crippen LogP contribution < -0.4 is 5.73 Å². The maximum Gasteiger partial charge on any atom is 0.350 e. The van der Waals surface area contributed by atoms with Crippen molar-refractivity contribution in [1.82, 2.24) is 4.98 Å². The average Bonchev–Trinajstić information content (AvgIpc) is 3.55. The summed E-state index contributed by atoms with van der Waals surface area (Å²) in [6, 6.07) is 19.9. The number of aromatic nitrogens is 1. The van der Waals surface area contributed by atoms with E-state index in [2.05, 4.69) is 4.98 Å². The molecule has 1 saturated heterocycles. The summed E-state index contributed by atoms with van der Waals surface area (Å²) in [4.78, 5) is 46.1. The highest BCUT2D eigenvalue weighted by Crippen LogP contribution is 2.59. The summed E-state index contributed by atoms with van der Waals surface area (Å²) in [5.74, 6) is -1.74. The third-order valence-electron chi connectivity index (χ3n) is 10.2. The summed E-state index contributed by atoms with van der Waals surface area (Å²) in [6.07, 6.45) is 5.79. The van der Waals surface area contributed by atoms with Crippen LogP contribution in [0.3, 0.4) is 0 Å². The first-order valence-electron chi connectivity index (χ1n) is 15.9. The van der Waals surface area contributed by atoms with Crippen molar-refractivity contribution in [3.05, 3.63) is 106 Å². The number of ether oxygens (including phenoxy) is 2. The number of aliphatic hydroxyl groups is 2. The predicted molar refractivity (Wildman–Crippen MR) is 171 cm³/mol. The molecule has 4 N–H and O–H groups in total. The van der Waals surface area contributed by atoms with Gasteiger partial charge in [-0.05, 0) is 67.9 Å². The number of nitrogen functional groups attached to an aromatic ring is 1. The highest BCUT2D eigenvalue weighted by molar-refractivity contribution is 6.32. The lowest BCUT2D eigenvalue weighted by molar-refractivity contribution is -0.154. The number of ketones is 2. The second-order valence-corrected chi connectivity index (χ2v) is 13.0. The van der Waals surface area contributed by atoms with Crippen LogP contribution in [-0.2, 0) is 27.1 Å². The zero-order chi connectivity index (χ0) is 32.5. The van der Waals surface area contributed by atoms with Gasteiger partial charge in [0.05, 0.1) is 12.7 Å². The molecule has 1 aromatic heterocycles. The van der Waals surface area contributed by atoms with E-state index in [1.54, 1.807) is 30.5 Å². The molecular weight excluding hydrogens is 584 g/mol. The van der Waals surface area contributed by atoms with Gasteiger partial charge in [-0.2, -0.15) is 0 Å². The van der Waals surface area contributed by atoms with E-state index in [-0.39, 0.29) is 30.8 Å². The van der Waals surface area contributed by atoms with Gasteiger partial charge < -0.3 is 25.4 Å². The number of hydrogen-bond donors (Lipinski definition) is 3. The van der Waals surface area contributed by atoms with Crippen LogP contribution >= 0.6 is 0 Å². The third-order valence-corrected chi connectivity index (χ3v) is 10.2. The standard InChI is InChI=1S/C37H40N2O7/c1-24(13-14-25-15-18-39-31(38)19-25)27(22-40)21-36-32(42)28-11-5-6-12-29(28)33(43)37(36,46-36)34(44)45-23-30(41)35(16-7-8-17-35)20-26-9-3-2-4-10-26/h2-6,9-12,15,18-19,30,40-41H,7-8,13-14,16-17,20-23H2,1H3,(H2,38,39)/b27-24-/t30-,36-,37-/m0/s1. The molecule has 2 aromatic carbocycles. The second-order valence-electron chi connectivity index (χ2n) is 13.0. The Morgan fingerprint density at radius 3 is 2.35 bits per heavy atom. The maximum atomic E-state index is 14.1. The van der Waals surface area contributed by atoms with Gasteiger partial charge in [0, 0.05) is 29.2 Å². The molecule has 2 fully saturated rings. The number of hydrogen-bond acceptors (Lipinski definition) is 9. The molecule has 3 aromatic rings. The number of pyridine rings is 1. The molecule has 1 saturated carbocycles. The Balaban J connectivity index is 1.26. The summed E-state index contributed by atoms with van der Waals surface area (Å²) < 4.78 is 11.8. The van der Waals surface area contributed by atoms with E-state index in [0.717, 1.165) is 42.4 Å². The number of fused-ring (bicyclic) bond motifs is 2. The molecule has 3 aliphatic rings. The molecule has 6 rings (SSSR count). The van der Waals surface area contributed by atoms with Gasteiger partial charge in [-0.25, -0.2) is 9.78 Å². The van der Waals surface area contributed by atoms with Gasteiger partial charge in [0.2, 0.25) is 5.78 Å². The fourth-order valence-corrected chi connectivity index (χ4v) is 7.44. The molecule has 3 atom stereocenters. The molecule has 1 aliphatic heterocycles. The van der Waals surface area contributed by atoms with Crippen LogP contribution in [0.2, 0.25) is 0 Å². The molecule has 2 aliphatic carbocycles. The fourth-order valence-electron chi connectivity index (χ4n) is 7.44. The summed E-state index contributed by atoms with van der Waals surface area (Å²) in [7, 11) is 0. The van der Waals surface area contributed by atoms with Crippen LogP contribution in [0, 0.1) is 5.41 Å². The predicted octanol–water partition coefficient (Wildman–Crippen LogP) is 4.59. The van der Waals surface area contributed by atoms with Crippen molar-refractivity contribution in [3.63, 3.8) is 0 Å². The van der Waals surface area contributed by atoms with Crippen molar-refractivity contribution in [1.29, 1.82) is 0 Å². The number of benzene rings is 2. The summed E-state index contributed by atoms with van der Waals surface area (Å²) in [5, 5.41) is 21.9. The Bertz CT molecular complexity index is 1680. The summed E-state index contributed by atoms with van der Waals surface area (Å²) in [6.45, 7) is 1.14. The quantitative estimate of drug-likeness (QED) is 0.114. The first-order chi connectivity index (χ1) is 22.2. The number of carbonyl (C=O) groups is 3. The zero-order valence-electron chi connectivity index (χ0n) is 26.0. The van der Waals surface area contributed by atoms with Gasteiger partial charge in [0.25, 0.3) is 5.60 Å². The van der Waals surface area contributed by atoms with E-state index in [9.17, 15) is 24.6 Å². The molecule has 0 spiro atoms. The lowest BCUT2D eigenvalue weighted by Gasteiger charge is -2.34. The minimum Gasteiger partial charge on any atom is -0.460 e. The van der Waals surface area contributed by atoms with Gasteiger partial charge in [0.1, 0.15) is 12.4 Å². The Kier molecular flexibility index (Phi) is 8.67. The molecule has 0 radical (unpaired) electrons. The molecular formula is C37H40N2O7. The Hall–Kier alpha value is -4.18. The van der Waals surface area contributed by atoms with E-state index < -0.39 is 40.3 Å². The third kappa shape index (κ3) is 5.46. The number of carbonyl (C=O) groups excluding carboxylic acids is 3. The number of Topliss-reactive ketones (excluding diaryl/α,β-unsaturated/α-hetero) is 2. The molecule has 9 heteroatoms. The Morgan fingerprint density at radius 2 is 1.67 bits per heavy atom. The smallest absolute Gasteiger partial charge is 0.350 e.